The normalized spacial score (nSPS) is 10.2. The monoisotopic (exact) mass is 300 g/mol. The van der Waals surface area contributed by atoms with Crippen LogP contribution in [-0.2, 0) is 22.6 Å². The van der Waals surface area contributed by atoms with Gasteiger partial charge in [-0.2, -0.15) is 0 Å². The molecule has 0 aromatic heterocycles. The van der Waals surface area contributed by atoms with E-state index in [-0.39, 0.29) is 11.7 Å². The second-order valence-corrected chi connectivity index (χ2v) is 4.88. The van der Waals surface area contributed by atoms with Crippen LogP contribution in [0.15, 0.2) is 48.5 Å². The van der Waals surface area contributed by atoms with Gasteiger partial charge in [-0.1, -0.05) is 36.4 Å². The van der Waals surface area contributed by atoms with Crippen LogP contribution in [-0.4, -0.2) is 17.7 Å². The summed E-state index contributed by atoms with van der Waals surface area (Å²) in [6.45, 7) is 2.56. The van der Waals surface area contributed by atoms with Crippen LogP contribution >= 0.6 is 0 Å². The molecule has 4 nitrogen and oxygen atoms in total. The van der Waals surface area contributed by atoms with Crippen LogP contribution in [0.3, 0.4) is 0 Å². The highest BCUT2D eigenvalue weighted by Gasteiger charge is 2.07. The number of hydrogen-bond acceptors (Lipinski definition) is 4. The third-order valence-electron chi connectivity index (χ3n) is 3.18. The van der Waals surface area contributed by atoms with E-state index in [9.17, 15) is 9.90 Å². The molecule has 2 aromatic carbocycles. The summed E-state index contributed by atoms with van der Waals surface area (Å²) in [5.41, 5.74) is 1.91. The van der Waals surface area contributed by atoms with Crippen LogP contribution in [0.25, 0.3) is 0 Å². The molecule has 0 saturated heterocycles. The number of rotatable bonds is 7. The maximum atomic E-state index is 11.3. The smallest absolute Gasteiger partial charge is 0.306 e. The second-order valence-electron chi connectivity index (χ2n) is 4.88. The fourth-order valence-corrected chi connectivity index (χ4v) is 2.06. The first-order valence-electron chi connectivity index (χ1n) is 7.33. The number of ether oxygens (including phenoxy) is 2. The van der Waals surface area contributed by atoms with E-state index >= 15 is 0 Å². The lowest BCUT2D eigenvalue weighted by Crippen LogP contribution is -2.05. The first-order valence-corrected chi connectivity index (χ1v) is 7.33. The minimum atomic E-state index is -0.230. The summed E-state index contributed by atoms with van der Waals surface area (Å²) in [6, 6.07) is 14.9. The van der Waals surface area contributed by atoms with E-state index in [0.29, 0.717) is 31.8 Å². The average Bonchev–Trinajstić information content (AvgIpc) is 2.53. The molecule has 0 heterocycles. The molecule has 0 bridgehead atoms. The first-order chi connectivity index (χ1) is 10.7. The van der Waals surface area contributed by atoms with Crippen molar-refractivity contribution in [1.29, 1.82) is 0 Å². The highest BCUT2D eigenvalue weighted by Crippen LogP contribution is 2.28. The van der Waals surface area contributed by atoms with Gasteiger partial charge in [-0.25, -0.2) is 0 Å². The van der Waals surface area contributed by atoms with Crippen LogP contribution in [0.1, 0.15) is 24.5 Å². The molecule has 22 heavy (non-hydrogen) atoms. The van der Waals surface area contributed by atoms with Crippen molar-refractivity contribution in [2.24, 2.45) is 0 Å². The van der Waals surface area contributed by atoms with E-state index in [4.69, 9.17) is 9.47 Å². The van der Waals surface area contributed by atoms with Gasteiger partial charge in [0.1, 0.15) is 6.61 Å². The number of benzene rings is 2. The molecule has 0 fully saturated rings. The zero-order valence-electron chi connectivity index (χ0n) is 12.6. The Morgan fingerprint density at radius 1 is 1.09 bits per heavy atom. The molecule has 0 atom stereocenters. The number of carbonyl (C=O) groups excluding carboxylic acids is 1. The van der Waals surface area contributed by atoms with E-state index in [1.807, 2.05) is 36.4 Å². The van der Waals surface area contributed by atoms with Crippen molar-refractivity contribution in [3.63, 3.8) is 0 Å². The molecule has 0 saturated carbocycles. The molecule has 0 radical (unpaired) electrons. The Bertz CT molecular complexity index is 608. The van der Waals surface area contributed by atoms with Crippen LogP contribution in [0.4, 0.5) is 0 Å². The van der Waals surface area contributed by atoms with Crippen molar-refractivity contribution in [3.8, 4) is 11.5 Å². The van der Waals surface area contributed by atoms with Gasteiger partial charge in [-0.3, -0.25) is 4.79 Å². The van der Waals surface area contributed by atoms with Crippen molar-refractivity contribution in [1.82, 2.24) is 0 Å². The van der Waals surface area contributed by atoms with E-state index in [2.05, 4.69) is 0 Å². The minimum Gasteiger partial charge on any atom is -0.504 e. The topological polar surface area (TPSA) is 55.8 Å². The van der Waals surface area contributed by atoms with Crippen LogP contribution in [0.2, 0.25) is 0 Å². The van der Waals surface area contributed by atoms with Crippen LogP contribution in [0.5, 0.6) is 11.5 Å². The molecule has 4 heteroatoms. The molecule has 0 aliphatic heterocycles. The lowest BCUT2D eigenvalue weighted by atomic mass is 10.1. The van der Waals surface area contributed by atoms with Gasteiger partial charge >= 0.3 is 5.97 Å². The fraction of sp³-hybridized carbons (Fsp3) is 0.278. The molecular weight excluding hydrogens is 280 g/mol. The van der Waals surface area contributed by atoms with E-state index in [1.165, 1.54) is 0 Å². The Morgan fingerprint density at radius 3 is 2.55 bits per heavy atom. The van der Waals surface area contributed by atoms with Crippen molar-refractivity contribution in [2.75, 3.05) is 6.61 Å². The summed E-state index contributed by atoms with van der Waals surface area (Å²) in [5, 5.41) is 10.00. The maximum absolute atomic E-state index is 11.3. The number of aromatic hydroxyl groups is 1. The summed E-state index contributed by atoms with van der Waals surface area (Å²) in [5.74, 6) is 0.285. The standard InChI is InChI=1S/C18H20O4/c1-2-21-18(20)11-9-14-8-10-17(16(19)12-14)22-13-15-6-4-3-5-7-15/h3-8,10,12,19H,2,9,11,13H2,1H3. The van der Waals surface area contributed by atoms with Crippen molar-refractivity contribution < 1.29 is 19.4 Å². The van der Waals surface area contributed by atoms with Crippen LogP contribution < -0.4 is 4.74 Å². The fourth-order valence-electron chi connectivity index (χ4n) is 2.06. The van der Waals surface area contributed by atoms with Crippen molar-refractivity contribution in [3.05, 3.63) is 59.7 Å². The second kappa shape index (κ2) is 8.08. The summed E-state index contributed by atoms with van der Waals surface area (Å²) >= 11 is 0. The molecule has 1 N–H and O–H groups in total. The van der Waals surface area contributed by atoms with E-state index in [1.54, 1.807) is 19.1 Å². The largest absolute Gasteiger partial charge is 0.504 e. The minimum absolute atomic E-state index is 0.0808. The SMILES string of the molecule is CCOC(=O)CCc1ccc(OCc2ccccc2)c(O)c1. The Balaban J connectivity index is 1.90. The highest BCUT2D eigenvalue weighted by molar-refractivity contribution is 5.69. The molecule has 0 aliphatic carbocycles. The van der Waals surface area contributed by atoms with Gasteiger partial charge in [0, 0.05) is 6.42 Å². The molecule has 0 amide bonds. The Kier molecular flexibility index (Phi) is 5.83. The molecule has 0 spiro atoms. The summed E-state index contributed by atoms with van der Waals surface area (Å²) in [4.78, 5) is 11.3. The van der Waals surface area contributed by atoms with Crippen LogP contribution in [0, 0.1) is 0 Å². The molecule has 0 aliphatic rings. The summed E-state index contributed by atoms with van der Waals surface area (Å²) in [6.07, 6.45) is 0.836. The molecular formula is C18H20O4. The van der Waals surface area contributed by atoms with Gasteiger partial charge in [0.05, 0.1) is 6.61 Å². The number of carbonyl (C=O) groups is 1. The van der Waals surface area contributed by atoms with E-state index in [0.717, 1.165) is 11.1 Å². The average molecular weight is 300 g/mol. The number of aryl methyl sites for hydroxylation is 1. The summed E-state index contributed by atoms with van der Waals surface area (Å²) < 4.78 is 10.5. The highest BCUT2D eigenvalue weighted by atomic mass is 16.5. The number of esters is 1. The third-order valence-corrected chi connectivity index (χ3v) is 3.18. The quantitative estimate of drug-likeness (QED) is 0.796. The van der Waals surface area contributed by atoms with Gasteiger partial charge in [-0.15, -0.1) is 0 Å². The summed E-state index contributed by atoms with van der Waals surface area (Å²) in [7, 11) is 0. The number of phenols is 1. The van der Waals surface area contributed by atoms with Gasteiger partial charge in [0.2, 0.25) is 0 Å². The lowest BCUT2D eigenvalue weighted by Gasteiger charge is -2.09. The lowest BCUT2D eigenvalue weighted by molar-refractivity contribution is -0.143. The zero-order chi connectivity index (χ0) is 15.8. The first kappa shape index (κ1) is 15.9. The predicted molar refractivity (Wildman–Crippen MR) is 83.8 cm³/mol. The van der Waals surface area contributed by atoms with Gasteiger partial charge in [0.25, 0.3) is 0 Å². The van der Waals surface area contributed by atoms with Gasteiger partial charge in [0.15, 0.2) is 11.5 Å². The number of hydrogen-bond donors (Lipinski definition) is 1. The maximum Gasteiger partial charge on any atom is 0.306 e. The molecule has 116 valence electrons. The predicted octanol–water partition coefficient (Wildman–Crippen LogP) is 3.47. The van der Waals surface area contributed by atoms with Gasteiger partial charge in [-0.05, 0) is 36.6 Å². The Labute approximate surface area is 130 Å². The number of phenolic OH excluding ortho intramolecular Hbond substituents is 1. The molecule has 2 aromatic rings. The van der Waals surface area contributed by atoms with Crippen molar-refractivity contribution >= 4 is 5.97 Å². The van der Waals surface area contributed by atoms with Gasteiger partial charge < -0.3 is 14.6 Å². The van der Waals surface area contributed by atoms with Crippen molar-refractivity contribution in [2.45, 2.75) is 26.4 Å². The van der Waals surface area contributed by atoms with E-state index < -0.39 is 0 Å². The Morgan fingerprint density at radius 2 is 1.86 bits per heavy atom. The zero-order valence-corrected chi connectivity index (χ0v) is 12.6. The third kappa shape index (κ3) is 4.81. The molecule has 2 rings (SSSR count). The molecule has 0 unspecified atom stereocenters. The Hall–Kier alpha value is -2.49.